The lowest BCUT2D eigenvalue weighted by atomic mass is 10.3. The van der Waals surface area contributed by atoms with Crippen molar-refractivity contribution in [2.75, 3.05) is 14.2 Å². The molecule has 0 aromatic heterocycles. The summed E-state index contributed by atoms with van der Waals surface area (Å²) >= 11 is 5.94. The smallest absolute Gasteiger partial charge is 0.244 e. The van der Waals surface area contributed by atoms with Gasteiger partial charge in [-0.15, -0.1) is 0 Å². The first-order chi connectivity index (χ1) is 8.85. The number of methoxy groups -OCH3 is 2. The standard InChI is InChI=1S/C12H18ClNO4S/c1-5-8(2)14-19(15,16)12-7-10(17-3)9(13)6-11(12)18-4/h6-8,14H,5H2,1-4H3/t8-/m1/s1. The zero-order valence-electron chi connectivity index (χ0n) is 11.4. The second kappa shape index (κ2) is 6.45. The average Bonchev–Trinajstić information content (AvgIpc) is 2.37. The third-order valence-electron chi connectivity index (χ3n) is 2.70. The van der Waals surface area contributed by atoms with Crippen molar-refractivity contribution in [2.24, 2.45) is 0 Å². The summed E-state index contributed by atoms with van der Waals surface area (Å²) in [6.07, 6.45) is 0.687. The lowest BCUT2D eigenvalue weighted by molar-refractivity contribution is 0.392. The number of benzene rings is 1. The Balaban J connectivity index is 3.32. The normalized spacial score (nSPS) is 13.1. The Hall–Kier alpha value is -0.980. The molecule has 0 aliphatic rings. The number of halogens is 1. The van der Waals surface area contributed by atoms with Crippen LogP contribution < -0.4 is 14.2 Å². The number of ether oxygens (including phenoxy) is 2. The van der Waals surface area contributed by atoms with Crippen LogP contribution in [0.5, 0.6) is 11.5 Å². The van der Waals surface area contributed by atoms with Gasteiger partial charge in [-0.1, -0.05) is 18.5 Å². The monoisotopic (exact) mass is 307 g/mol. The molecule has 108 valence electrons. The minimum absolute atomic E-state index is 0.0107. The van der Waals surface area contributed by atoms with Crippen molar-refractivity contribution >= 4 is 21.6 Å². The summed E-state index contributed by atoms with van der Waals surface area (Å²) in [7, 11) is -0.865. The van der Waals surface area contributed by atoms with Crippen LogP contribution in [0.3, 0.4) is 0 Å². The molecule has 0 bridgehead atoms. The van der Waals surface area contributed by atoms with Crippen molar-refractivity contribution in [1.29, 1.82) is 0 Å². The lowest BCUT2D eigenvalue weighted by Gasteiger charge is -2.16. The number of hydrogen-bond acceptors (Lipinski definition) is 4. The van der Waals surface area contributed by atoms with E-state index in [0.29, 0.717) is 11.4 Å². The lowest BCUT2D eigenvalue weighted by Crippen LogP contribution is -2.32. The highest BCUT2D eigenvalue weighted by Gasteiger charge is 2.23. The Labute approximate surface area is 118 Å². The van der Waals surface area contributed by atoms with Crippen molar-refractivity contribution in [1.82, 2.24) is 4.72 Å². The number of rotatable bonds is 6. The van der Waals surface area contributed by atoms with E-state index in [2.05, 4.69) is 4.72 Å². The van der Waals surface area contributed by atoms with Gasteiger partial charge in [0.1, 0.15) is 16.4 Å². The van der Waals surface area contributed by atoms with Gasteiger partial charge in [-0.05, 0) is 13.3 Å². The van der Waals surface area contributed by atoms with Gasteiger partial charge < -0.3 is 9.47 Å². The molecule has 1 aromatic carbocycles. The molecule has 0 heterocycles. The molecule has 0 amide bonds. The highest BCUT2D eigenvalue weighted by molar-refractivity contribution is 7.89. The van der Waals surface area contributed by atoms with Crippen molar-refractivity contribution in [2.45, 2.75) is 31.2 Å². The van der Waals surface area contributed by atoms with Gasteiger partial charge >= 0.3 is 0 Å². The third kappa shape index (κ3) is 3.75. The van der Waals surface area contributed by atoms with Crippen LogP contribution in [0, 0.1) is 0 Å². The molecule has 1 atom stereocenters. The van der Waals surface area contributed by atoms with Gasteiger partial charge in [0.25, 0.3) is 0 Å². The Morgan fingerprint density at radius 3 is 2.32 bits per heavy atom. The molecule has 0 spiro atoms. The summed E-state index contributed by atoms with van der Waals surface area (Å²) < 4.78 is 37.2. The molecule has 0 saturated carbocycles. The zero-order valence-corrected chi connectivity index (χ0v) is 12.9. The predicted octanol–water partition coefficient (Wildman–Crippen LogP) is 2.43. The van der Waals surface area contributed by atoms with Crippen LogP contribution in [0.25, 0.3) is 0 Å². The molecule has 7 heteroatoms. The molecule has 1 rings (SSSR count). The quantitative estimate of drug-likeness (QED) is 0.876. The van der Waals surface area contributed by atoms with Crippen molar-refractivity contribution in [3.05, 3.63) is 17.2 Å². The van der Waals surface area contributed by atoms with E-state index >= 15 is 0 Å². The van der Waals surface area contributed by atoms with E-state index < -0.39 is 10.0 Å². The summed E-state index contributed by atoms with van der Waals surface area (Å²) in [4.78, 5) is 0.0107. The first kappa shape index (κ1) is 16.1. The molecule has 0 radical (unpaired) electrons. The summed E-state index contributed by atoms with van der Waals surface area (Å²) in [5.41, 5.74) is 0. The molecule has 0 unspecified atom stereocenters. The maximum atomic E-state index is 12.3. The Bertz CT molecular complexity index is 545. The van der Waals surface area contributed by atoms with Gasteiger partial charge in [0.05, 0.1) is 19.2 Å². The SMILES string of the molecule is CC[C@@H](C)NS(=O)(=O)c1cc(OC)c(Cl)cc1OC. The van der Waals surface area contributed by atoms with Crippen molar-refractivity contribution in [3.8, 4) is 11.5 Å². The van der Waals surface area contributed by atoms with Gasteiger partial charge in [0.2, 0.25) is 10.0 Å². The van der Waals surface area contributed by atoms with Crippen LogP contribution in [-0.2, 0) is 10.0 Å². The van der Waals surface area contributed by atoms with E-state index in [1.165, 1.54) is 26.4 Å². The molecule has 0 aliphatic carbocycles. The molecule has 0 saturated heterocycles. The van der Waals surface area contributed by atoms with Crippen LogP contribution in [0.4, 0.5) is 0 Å². The fraction of sp³-hybridized carbons (Fsp3) is 0.500. The average molecular weight is 308 g/mol. The van der Waals surface area contributed by atoms with E-state index in [9.17, 15) is 8.42 Å². The Morgan fingerprint density at radius 2 is 1.84 bits per heavy atom. The fourth-order valence-electron chi connectivity index (χ4n) is 1.45. The molecule has 0 fully saturated rings. The minimum atomic E-state index is -3.68. The first-order valence-corrected chi connectivity index (χ1v) is 7.65. The largest absolute Gasteiger partial charge is 0.495 e. The molecule has 19 heavy (non-hydrogen) atoms. The third-order valence-corrected chi connectivity index (χ3v) is 4.60. The Morgan fingerprint density at radius 1 is 1.26 bits per heavy atom. The topological polar surface area (TPSA) is 64.6 Å². The molecule has 0 aliphatic heterocycles. The summed E-state index contributed by atoms with van der Waals surface area (Å²) in [5, 5.41) is 0.293. The molecular formula is C12H18ClNO4S. The molecule has 1 aromatic rings. The van der Waals surface area contributed by atoms with Gasteiger partial charge in [-0.25, -0.2) is 13.1 Å². The summed E-state index contributed by atoms with van der Waals surface area (Å²) in [6, 6.07) is 2.61. The van der Waals surface area contributed by atoms with E-state index in [4.69, 9.17) is 21.1 Å². The van der Waals surface area contributed by atoms with Crippen molar-refractivity contribution in [3.63, 3.8) is 0 Å². The second-order valence-electron chi connectivity index (χ2n) is 4.07. The Kier molecular flexibility index (Phi) is 5.46. The second-order valence-corrected chi connectivity index (χ2v) is 6.16. The molecule has 1 N–H and O–H groups in total. The highest BCUT2D eigenvalue weighted by Crippen LogP contribution is 2.35. The van der Waals surface area contributed by atoms with Gasteiger partial charge in [-0.3, -0.25) is 0 Å². The van der Waals surface area contributed by atoms with Crippen LogP contribution in [0.2, 0.25) is 5.02 Å². The fourth-order valence-corrected chi connectivity index (χ4v) is 3.18. The van der Waals surface area contributed by atoms with Crippen LogP contribution in [-0.4, -0.2) is 28.7 Å². The van der Waals surface area contributed by atoms with Crippen LogP contribution >= 0.6 is 11.6 Å². The summed E-state index contributed by atoms with van der Waals surface area (Å²) in [6.45, 7) is 3.68. The first-order valence-electron chi connectivity index (χ1n) is 5.79. The number of sulfonamides is 1. The minimum Gasteiger partial charge on any atom is -0.495 e. The van der Waals surface area contributed by atoms with Gasteiger partial charge in [0, 0.05) is 18.2 Å². The number of hydrogen-bond donors (Lipinski definition) is 1. The maximum absolute atomic E-state index is 12.3. The van der Waals surface area contributed by atoms with Gasteiger partial charge in [-0.2, -0.15) is 0 Å². The zero-order chi connectivity index (χ0) is 14.6. The van der Waals surface area contributed by atoms with Crippen molar-refractivity contribution < 1.29 is 17.9 Å². The maximum Gasteiger partial charge on any atom is 0.244 e. The molecular weight excluding hydrogens is 290 g/mol. The van der Waals surface area contributed by atoms with Crippen LogP contribution in [0.15, 0.2) is 17.0 Å². The predicted molar refractivity (Wildman–Crippen MR) is 74.6 cm³/mol. The molecule has 5 nitrogen and oxygen atoms in total. The van der Waals surface area contributed by atoms with Gasteiger partial charge in [0.15, 0.2) is 0 Å². The van der Waals surface area contributed by atoms with Crippen LogP contribution in [0.1, 0.15) is 20.3 Å². The number of nitrogens with one attached hydrogen (secondary N) is 1. The van der Waals surface area contributed by atoms with E-state index in [1.54, 1.807) is 6.92 Å². The van der Waals surface area contributed by atoms with E-state index in [0.717, 1.165) is 0 Å². The van der Waals surface area contributed by atoms with E-state index in [1.807, 2.05) is 6.92 Å². The summed E-state index contributed by atoms with van der Waals surface area (Å²) in [5.74, 6) is 0.466. The highest BCUT2D eigenvalue weighted by atomic mass is 35.5. The van der Waals surface area contributed by atoms with E-state index in [-0.39, 0.29) is 22.4 Å².